The van der Waals surface area contributed by atoms with Crippen LogP contribution in [-0.2, 0) is 20.7 Å². The van der Waals surface area contributed by atoms with Crippen molar-refractivity contribution in [2.75, 3.05) is 16.9 Å². The highest BCUT2D eigenvalue weighted by Gasteiger charge is 2.23. The lowest BCUT2D eigenvalue weighted by molar-refractivity contribution is 0.0647. The fourth-order valence-corrected chi connectivity index (χ4v) is 5.80. The molecule has 2 atom stereocenters. The molecule has 1 aromatic heterocycles. The zero-order chi connectivity index (χ0) is 24.2. The molecule has 0 saturated heterocycles. The monoisotopic (exact) mass is 551 g/mol. The Morgan fingerprint density at radius 3 is 2.36 bits per heavy atom. The van der Waals surface area contributed by atoms with E-state index in [9.17, 15) is 13.5 Å². The van der Waals surface area contributed by atoms with Gasteiger partial charge in [0.1, 0.15) is 5.82 Å². The number of rotatable bonds is 8. The Balaban J connectivity index is 1.75. The fourth-order valence-electron chi connectivity index (χ4n) is 2.60. The average molecular weight is 553 g/mol. The fraction of sp³-hybridized carbons (Fsp3) is 0.273. The molecular formula is C22H26BrN5O3S2. The summed E-state index contributed by atoms with van der Waals surface area (Å²) >= 11 is 3.42. The first-order valence-corrected chi connectivity index (χ1v) is 13.9. The van der Waals surface area contributed by atoms with Crippen molar-refractivity contribution in [2.45, 2.75) is 42.2 Å². The standard InChI is InChI=1S/C22H26BrN5O3S2/c1-15(22(2,3)29)25-20-19(23)14-24-21(27-20)26-16-10-12-17(13-11-16)32(4)28-33(30,31)18-8-6-5-7-9-18/h5-15,29H,1-4H3,(H2,24,25,26,27)/t15-,32?/m1/s1. The molecule has 1 heterocycles. The zero-order valence-corrected chi connectivity index (χ0v) is 21.9. The van der Waals surface area contributed by atoms with E-state index in [1.165, 1.54) is 12.1 Å². The van der Waals surface area contributed by atoms with Crippen molar-refractivity contribution in [3.05, 3.63) is 65.3 Å². The summed E-state index contributed by atoms with van der Waals surface area (Å²) in [4.78, 5) is 9.72. The third-order valence-corrected chi connectivity index (χ3v) is 8.94. The highest BCUT2D eigenvalue weighted by atomic mass is 79.9. The molecule has 0 radical (unpaired) electrons. The van der Waals surface area contributed by atoms with Crippen molar-refractivity contribution in [2.24, 2.45) is 3.77 Å². The number of halogens is 1. The number of nitrogens with one attached hydrogen (secondary N) is 2. The highest BCUT2D eigenvalue weighted by Crippen LogP contribution is 2.25. The van der Waals surface area contributed by atoms with Crippen LogP contribution in [0, 0.1) is 0 Å². The van der Waals surface area contributed by atoms with Crippen LogP contribution in [0.2, 0.25) is 0 Å². The van der Waals surface area contributed by atoms with Gasteiger partial charge in [-0.3, -0.25) is 0 Å². The molecule has 11 heteroatoms. The Hall–Kier alpha value is -2.34. The van der Waals surface area contributed by atoms with Crippen LogP contribution in [0.1, 0.15) is 20.8 Å². The summed E-state index contributed by atoms with van der Waals surface area (Å²) in [6.45, 7) is 5.31. The van der Waals surface area contributed by atoms with E-state index in [0.717, 1.165) is 10.6 Å². The maximum atomic E-state index is 12.5. The Morgan fingerprint density at radius 2 is 1.76 bits per heavy atom. The van der Waals surface area contributed by atoms with Crippen LogP contribution in [0.15, 0.2) is 78.8 Å². The van der Waals surface area contributed by atoms with Gasteiger partial charge in [-0.15, -0.1) is 3.77 Å². The van der Waals surface area contributed by atoms with E-state index >= 15 is 0 Å². The summed E-state index contributed by atoms with van der Waals surface area (Å²) in [6, 6.07) is 15.2. The van der Waals surface area contributed by atoms with Crippen molar-refractivity contribution in [1.29, 1.82) is 0 Å². The van der Waals surface area contributed by atoms with Crippen molar-refractivity contribution < 1.29 is 13.5 Å². The average Bonchev–Trinajstić information content (AvgIpc) is 2.76. The molecule has 8 nitrogen and oxygen atoms in total. The van der Waals surface area contributed by atoms with Gasteiger partial charge in [-0.05, 0) is 79.4 Å². The van der Waals surface area contributed by atoms with E-state index in [0.29, 0.717) is 16.2 Å². The topological polar surface area (TPSA) is 117 Å². The molecule has 3 aromatic rings. The molecule has 3 N–H and O–H groups in total. The molecule has 0 aliphatic heterocycles. The summed E-state index contributed by atoms with van der Waals surface area (Å²) in [5.74, 6) is 0.932. The minimum absolute atomic E-state index is 0.179. The second-order valence-corrected chi connectivity index (χ2v) is 12.2. The number of sulfonamides is 1. The van der Waals surface area contributed by atoms with Gasteiger partial charge in [-0.25, -0.2) is 4.98 Å². The van der Waals surface area contributed by atoms with E-state index in [2.05, 4.69) is 40.3 Å². The van der Waals surface area contributed by atoms with Crippen molar-refractivity contribution in [1.82, 2.24) is 9.97 Å². The summed E-state index contributed by atoms with van der Waals surface area (Å²) < 4.78 is 29.7. The molecule has 0 spiro atoms. The second kappa shape index (κ2) is 10.3. The van der Waals surface area contributed by atoms with Gasteiger partial charge in [0.15, 0.2) is 0 Å². The van der Waals surface area contributed by atoms with Crippen molar-refractivity contribution in [3.8, 4) is 0 Å². The van der Waals surface area contributed by atoms with Gasteiger partial charge in [0, 0.05) is 16.8 Å². The maximum Gasteiger partial charge on any atom is 0.288 e. The lowest BCUT2D eigenvalue weighted by Gasteiger charge is -2.27. The number of nitrogens with zero attached hydrogens (tertiary/aromatic N) is 3. The van der Waals surface area contributed by atoms with Crippen molar-refractivity contribution >= 4 is 54.1 Å². The number of anilines is 3. The Labute approximate surface area is 205 Å². The SMILES string of the molecule is C[C@@H](Nc1nc(Nc2ccc(/S(C)=N/S(=O)(=O)c3ccccc3)cc2)ncc1Br)C(C)(C)O. The molecule has 0 amide bonds. The summed E-state index contributed by atoms with van der Waals surface area (Å²) in [7, 11) is -4.57. The van der Waals surface area contributed by atoms with Gasteiger partial charge in [0.05, 0.1) is 21.0 Å². The molecular weight excluding hydrogens is 526 g/mol. The Bertz CT molecular complexity index is 1250. The third-order valence-electron chi connectivity index (χ3n) is 4.86. The molecule has 33 heavy (non-hydrogen) atoms. The molecule has 0 fully saturated rings. The number of aromatic nitrogens is 2. The van der Waals surface area contributed by atoms with E-state index in [-0.39, 0.29) is 10.9 Å². The van der Waals surface area contributed by atoms with Gasteiger partial charge >= 0.3 is 0 Å². The predicted octanol–water partition coefficient (Wildman–Crippen LogP) is 4.73. The third kappa shape index (κ3) is 6.83. The van der Waals surface area contributed by atoms with Crippen LogP contribution in [-0.4, -0.2) is 41.4 Å². The van der Waals surface area contributed by atoms with Gasteiger partial charge in [0.25, 0.3) is 10.0 Å². The molecule has 0 saturated carbocycles. The predicted molar refractivity (Wildman–Crippen MR) is 136 cm³/mol. The van der Waals surface area contributed by atoms with Crippen LogP contribution in [0.4, 0.5) is 17.5 Å². The van der Waals surface area contributed by atoms with Crippen LogP contribution >= 0.6 is 15.9 Å². The quantitative estimate of drug-likeness (QED) is 0.370. The normalized spacial score (nSPS) is 14.0. The lowest BCUT2D eigenvalue weighted by atomic mass is 10.0. The van der Waals surface area contributed by atoms with Crippen LogP contribution in [0.5, 0.6) is 0 Å². The lowest BCUT2D eigenvalue weighted by Crippen LogP contribution is -2.39. The molecule has 0 aliphatic carbocycles. The molecule has 2 aromatic carbocycles. The Morgan fingerprint density at radius 1 is 1.12 bits per heavy atom. The first-order chi connectivity index (χ1) is 15.5. The first kappa shape index (κ1) is 25.3. The van der Waals surface area contributed by atoms with Gasteiger partial charge in [0.2, 0.25) is 5.95 Å². The molecule has 176 valence electrons. The first-order valence-electron chi connectivity index (χ1n) is 10.0. The summed E-state index contributed by atoms with van der Waals surface area (Å²) in [5, 5.41) is 16.5. The van der Waals surface area contributed by atoms with Gasteiger partial charge in [-0.1, -0.05) is 28.9 Å². The van der Waals surface area contributed by atoms with E-state index in [1.807, 2.05) is 31.2 Å². The van der Waals surface area contributed by atoms with E-state index < -0.39 is 26.3 Å². The molecule has 0 bridgehead atoms. The minimum Gasteiger partial charge on any atom is -0.388 e. The molecule has 1 unspecified atom stereocenters. The maximum absolute atomic E-state index is 12.5. The molecule has 0 aliphatic rings. The smallest absolute Gasteiger partial charge is 0.288 e. The van der Waals surface area contributed by atoms with Crippen LogP contribution in [0.25, 0.3) is 0 Å². The van der Waals surface area contributed by atoms with Gasteiger partial charge < -0.3 is 15.7 Å². The number of hydrogen-bond donors (Lipinski definition) is 3. The largest absolute Gasteiger partial charge is 0.388 e. The number of benzene rings is 2. The van der Waals surface area contributed by atoms with Crippen LogP contribution < -0.4 is 10.6 Å². The van der Waals surface area contributed by atoms with E-state index in [1.54, 1.807) is 44.5 Å². The summed E-state index contributed by atoms with van der Waals surface area (Å²) in [6.07, 6.45) is 3.39. The number of hydrogen-bond acceptors (Lipinski definition) is 7. The number of aliphatic hydroxyl groups is 1. The van der Waals surface area contributed by atoms with E-state index in [4.69, 9.17) is 0 Å². The Kier molecular flexibility index (Phi) is 7.88. The van der Waals surface area contributed by atoms with Crippen LogP contribution in [0.3, 0.4) is 0 Å². The highest BCUT2D eigenvalue weighted by molar-refractivity contribution is 9.10. The summed E-state index contributed by atoms with van der Waals surface area (Å²) in [5.41, 5.74) is -0.185. The minimum atomic E-state index is -3.72. The molecule has 3 rings (SSSR count). The zero-order valence-electron chi connectivity index (χ0n) is 18.7. The van der Waals surface area contributed by atoms with Gasteiger partial charge in [-0.2, -0.15) is 13.4 Å². The van der Waals surface area contributed by atoms with Crippen molar-refractivity contribution in [3.63, 3.8) is 0 Å². The second-order valence-electron chi connectivity index (χ2n) is 7.90.